The lowest BCUT2D eigenvalue weighted by Crippen LogP contribution is -2.30. The van der Waals surface area contributed by atoms with Crippen LogP contribution in [0.4, 0.5) is 0 Å². The van der Waals surface area contributed by atoms with Gasteiger partial charge < -0.3 is 43.4 Å². The number of phosphoric ester groups is 2. The maximum Gasteiger partial charge on any atom is 0.472 e. The first kappa shape index (κ1) is 98.3. The average Bonchev–Trinajstić information content (AvgIpc) is 0.944. The van der Waals surface area contributed by atoms with Crippen molar-refractivity contribution in [3.8, 4) is 0 Å². The van der Waals surface area contributed by atoms with Crippen molar-refractivity contribution in [1.82, 2.24) is 0 Å². The third-order valence-corrected chi connectivity index (χ3v) is 18.9. The van der Waals surface area contributed by atoms with Crippen LogP contribution in [0.3, 0.4) is 0 Å². The van der Waals surface area contributed by atoms with Crippen LogP contribution < -0.4 is 0 Å². The molecule has 0 aliphatic rings. The van der Waals surface area contributed by atoms with Crippen molar-refractivity contribution in [3.63, 3.8) is 0 Å². The zero-order valence-electron chi connectivity index (χ0n) is 64.1. The van der Waals surface area contributed by atoms with Crippen molar-refractivity contribution in [2.75, 3.05) is 52.9 Å². The highest BCUT2D eigenvalue weighted by atomic mass is 31.2. The molecule has 17 nitrogen and oxygen atoms in total. The highest BCUT2D eigenvalue weighted by molar-refractivity contribution is 7.47. The molecular formula is C83H146O17P2. The number of phosphoric acid groups is 2. The predicted molar refractivity (Wildman–Crippen MR) is 418 cm³/mol. The summed E-state index contributed by atoms with van der Waals surface area (Å²) in [6.45, 7) is 2.41. The third-order valence-electron chi connectivity index (χ3n) is 17.0. The summed E-state index contributed by atoms with van der Waals surface area (Å²) in [5.41, 5.74) is 0. The van der Waals surface area contributed by atoms with Crippen molar-refractivity contribution in [2.24, 2.45) is 0 Å². The lowest BCUT2D eigenvalue weighted by molar-refractivity contribution is -0.161. The van der Waals surface area contributed by atoms with E-state index in [0.29, 0.717) is 45.3 Å². The second-order valence-corrected chi connectivity index (χ2v) is 29.8. The summed E-state index contributed by atoms with van der Waals surface area (Å²) in [4.78, 5) is 68.1. The quantitative estimate of drug-likeness (QED) is 0.0169. The standard InChI is InChI=1S/C83H146O17P2/c1-3-5-7-9-11-13-15-17-19-20-26-31-37-43-49-55-61-67-82(87)95-76-81(100-83(88)68-62-56-50-44-38-32-25-18-16-14-12-10-8-6-4-2)78-99-102(91,92)97-74-79(86)73-96-101(89,90)98-77-80(94-72-66-60-54-48-42-36-30-24-22-28-34-40-46-52-58-64-70-85)75-93-71-65-59-53-47-41-35-29-23-21-27-33-39-45-51-57-63-69-84/h11-14,17-19,21-22,25-28,31,43,49,69-70,79-81,86H,3-10,15-16,20,23-24,29-30,32-42,44-48,50-68,71-78H2,1-2H3,(H,89,90)(H,91,92)/b13-11-,14-12-,19-17-,25-18-,27-21-,28-22-,31-26-,49-43-/t79-,80+,81+/m0/s1. The molecule has 0 aromatic rings. The Labute approximate surface area is 620 Å². The van der Waals surface area contributed by atoms with Crippen LogP contribution in [0.25, 0.3) is 0 Å². The van der Waals surface area contributed by atoms with Crippen molar-refractivity contribution in [1.29, 1.82) is 0 Å². The fourth-order valence-electron chi connectivity index (χ4n) is 10.8. The second-order valence-electron chi connectivity index (χ2n) is 26.9. The maximum absolute atomic E-state index is 13.1. The van der Waals surface area contributed by atoms with Crippen LogP contribution >= 0.6 is 15.6 Å². The van der Waals surface area contributed by atoms with Gasteiger partial charge in [0.2, 0.25) is 0 Å². The summed E-state index contributed by atoms with van der Waals surface area (Å²) in [5.74, 6) is -1.12. The monoisotopic (exact) mass is 1480 g/mol. The van der Waals surface area contributed by atoms with E-state index in [1.807, 2.05) is 12.2 Å². The molecule has 0 saturated heterocycles. The molecule has 3 N–H and O–H groups in total. The molecular weight excluding hydrogens is 1330 g/mol. The Morgan fingerprint density at radius 2 is 0.627 bits per heavy atom. The summed E-state index contributed by atoms with van der Waals surface area (Å²) in [5, 5.41) is 10.7. The molecule has 0 heterocycles. The molecule has 0 bridgehead atoms. The number of hydrogen-bond donors (Lipinski definition) is 3. The van der Waals surface area contributed by atoms with Gasteiger partial charge in [-0.15, -0.1) is 0 Å². The fraction of sp³-hybridized carbons (Fsp3) is 0.759. The topological polar surface area (TPSA) is 237 Å². The van der Waals surface area contributed by atoms with Gasteiger partial charge in [-0.05, 0) is 161 Å². The van der Waals surface area contributed by atoms with Crippen molar-refractivity contribution in [3.05, 3.63) is 97.2 Å². The summed E-state index contributed by atoms with van der Waals surface area (Å²) in [6.07, 6.45) is 83.6. The van der Waals surface area contributed by atoms with Crippen LogP contribution in [-0.2, 0) is 65.4 Å². The molecule has 0 rings (SSSR count). The summed E-state index contributed by atoms with van der Waals surface area (Å²) >= 11 is 0. The van der Waals surface area contributed by atoms with Crippen molar-refractivity contribution in [2.45, 2.75) is 353 Å². The molecule has 19 heteroatoms. The van der Waals surface area contributed by atoms with E-state index in [4.69, 9.17) is 37.0 Å². The van der Waals surface area contributed by atoms with E-state index in [2.05, 4.69) is 98.9 Å². The first-order chi connectivity index (χ1) is 49.9. The molecule has 0 fully saturated rings. The Morgan fingerprint density at radius 3 is 1.03 bits per heavy atom. The van der Waals surface area contributed by atoms with Gasteiger partial charge >= 0.3 is 27.6 Å². The number of unbranched alkanes of at least 4 members (excludes halogenated alkanes) is 36. The van der Waals surface area contributed by atoms with Gasteiger partial charge in [0.1, 0.15) is 31.4 Å². The van der Waals surface area contributed by atoms with Gasteiger partial charge in [0.05, 0.1) is 33.0 Å². The number of esters is 2. The van der Waals surface area contributed by atoms with Gasteiger partial charge in [-0.3, -0.25) is 27.7 Å². The van der Waals surface area contributed by atoms with Crippen LogP contribution in [0, 0.1) is 0 Å². The van der Waals surface area contributed by atoms with Gasteiger partial charge in [0.15, 0.2) is 6.10 Å². The molecule has 0 aliphatic heterocycles. The van der Waals surface area contributed by atoms with E-state index < -0.39 is 72.3 Å². The zero-order valence-corrected chi connectivity index (χ0v) is 65.9. The minimum atomic E-state index is -4.93. The Bertz CT molecular complexity index is 2240. The minimum Gasteiger partial charge on any atom is -0.462 e. The molecule has 0 spiro atoms. The zero-order chi connectivity index (χ0) is 74.3. The number of allylic oxidation sites excluding steroid dienone is 16. The van der Waals surface area contributed by atoms with E-state index in [1.165, 1.54) is 109 Å². The fourth-order valence-corrected chi connectivity index (χ4v) is 12.4. The average molecular weight is 1480 g/mol. The van der Waals surface area contributed by atoms with Gasteiger partial charge in [-0.25, -0.2) is 9.13 Å². The van der Waals surface area contributed by atoms with Crippen molar-refractivity contribution < 1.29 is 80.2 Å². The Morgan fingerprint density at radius 1 is 0.324 bits per heavy atom. The Hall–Kier alpha value is -3.70. The molecule has 0 saturated carbocycles. The van der Waals surface area contributed by atoms with E-state index in [0.717, 1.165) is 180 Å². The smallest absolute Gasteiger partial charge is 0.462 e. The Balaban J connectivity index is 5.27. The van der Waals surface area contributed by atoms with Crippen LogP contribution in [0.1, 0.15) is 335 Å². The van der Waals surface area contributed by atoms with Gasteiger partial charge in [0.25, 0.3) is 0 Å². The SMILES string of the molecule is CCCCC/C=C\C/C=C\C/C=C\C/C=C\CCCC(=O)OC[C@H](COP(=O)(O)OC[C@@H](O)COP(=O)(O)OC[C@@H](COCCCCCCCCC/C=C\CCCCCCC=O)OCCCCCCCCC/C=C\CCCCCCC=O)OC(=O)CCCCCCC/C=C\C/C=C\CCCCC. The first-order valence-corrected chi connectivity index (χ1v) is 43.4. The van der Waals surface area contributed by atoms with E-state index in [9.17, 15) is 43.2 Å². The number of hydrogen-bond acceptors (Lipinski definition) is 15. The Kier molecular flexibility index (Phi) is 75.5. The van der Waals surface area contributed by atoms with Crippen LogP contribution in [0.2, 0.25) is 0 Å². The molecule has 2 unspecified atom stereocenters. The largest absolute Gasteiger partial charge is 0.472 e. The number of ether oxygens (including phenoxy) is 4. The van der Waals surface area contributed by atoms with E-state index in [-0.39, 0.29) is 26.1 Å². The molecule has 0 radical (unpaired) electrons. The molecule has 0 aromatic carbocycles. The number of aliphatic hydroxyl groups excluding tert-OH is 1. The van der Waals surface area contributed by atoms with Crippen LogP contribution in [-0.4, -0.2) is 111 Å². The minimum absolute atomic E-state index is 0.0890. The number of carbonyl (C=O) groups is 4. The van der Waals surface area contributed by atoms with E-state index >= 15 is 0 Å². The first-order valence-electron chi connectivity index (χ1n) is 40.4. The maximum atomic E-state index is 13.1. The predicted octanol–water partition coefficient (Wildman–Crippen LogP) is 22.9. The van der Waals surface area contributed by atoms with Crippen LogP contribution in [0.5, 0.6) is 0 Å². The normalized spacial score (nSPS) is 14.4. The summed E-state index contributed by atoms with van der Waals surface area (Å²) < 4.78 is 70.0. The molecule has 590 valence electrons. The van der Waals surface area contributed by atoms with Gasteiger partial charge in [0, 0.05) is 38.9 Å². The lowest BCUT2D eigenvalue weighted by atomic mass is 10.1. The van der Waals surface area contributed by atoms with Gasteiger partial charge in [-0.2, -0.15) is 0 Å². The van der Waals surface area contributed by atoms with Crippen LogP contribution in [0.15, 0.2) is 97.2 Å². The summed E-state index contributed by atoms with van der Waals surface area (Å²) in [6, 6.07) is 0. The number of aliphatic hydroxyl groups is 1. The van der Waals surface area contributed by atoms with E-state index in [1.54, 1.807) is 0 Å². The van der Waals surface area contributed by atoms with Crippen molar-refractivity contribution >= 4 is 40.2 Å². The third kappa shape index (κ3) is 77.4. The molecule has 0 amide bonds. The van der Waals surface area contributed by atoms with Gasteiger partial charge in [-0.1, -0.05) is 246 Å². The highest BCUT2D eigenvalue weighted by Crippen LogP contribution is 2.45. The molecule has 102 heavy (non-hydrogen) atoms. The highest BCUT2D eigenvalue weighted by Gasteiger charge is 2.30. The second kappa shape index (κ2) is 78.4. The number of aldehydes is 2. The molecule has 0 aromatic heterocycles. The number of rotatable bonds is 80. The molecule has 0 aliphatic carbocycles. The number of carbonyl (C=O) groups excluding carboxylic acids is 4. The molecule has 5 atom stereocenters. The lowest BCUT2D eigenvalue weighted by Gasteiger charge is -2.21. The summed E-state index contributed by atoms with van der Waals surface area (Å²) in [7, 11) is -9.71.